The lowest BCUT2D eigenvalue weighted by atomic mass is 9.94. The molecule has 1 N–H and O–H groups in total. The Hall–Kier alpha value is -0.580. The Morgan fingerprint density at radius 2 is 2.28 bits per heavy atom. The first kappa shape index (κ1) is 12.5. The first-order valence-corrected chi connectivity index (χ1v) is 7.16. The molecule has 2 saturated heterocycles. The fraction of sp³-hybridized carbons (Fsp3) is 0.769. The largest absolute Gasteiger partial charge is 0.312 e. The van der Waals surface area contributed by atoms with Crippen molar-refractivity contribution >= 4 is 11.6 Å². The number of likely N-dealkylation sites (tertiary alicyclic amines) is 1. The fourth-order valence-corrected chi connectivity index (χ4v) is 3.55. The van der Waals surface area contributed by atoms with E-state index >= 15 is 0 Å². The van der Waals surface area contributed by atoms with Crippen LogP contribution in [0.15, 0.2) is 0 Å². The van der Waals surface area contributed by atoms with Crippen molar-refractivity contribution in [1.29, 1.82) is 0 Å². The van der Waals surface area contributed by atoms with Crippen molar-refractivity contribution in [1.82, 2.24) is 20.0 Å². The maximum Gasteiger partial charge on any atom is 0.0860 e. The molecule has 18 heavy (non-hydrogen) atoms. The van der Waals surface area contributed by atoms with Crippen molar-refractivity contribution in [2.45, 2.75) is 32.4 Å². The number of nitrogens with zero attached hydrogens (tertiary/aromatic N) is 3. The maximum atomic E-state index is 6.32. The molecule has 0 spiro atoms. The van der Waals surface area contributed by atoms with Gasteiger partial charge in [0.15, 0.2) is 0 Å². The van der Waals surface area contributed by atoms with Crippen molar-refractivity contribution in [2.24, 2.45) is 13.0 Å². The van der Waals surface area contributed by atoms with Gasteiger partial charge in [-0.25, -0.2) is 0 Å². The summed E-state index contributed by atoms with van der Waals surface area (Å²) >= 11 is 6.32. The molecule has 5 heteroatoms. The minimum atomic E-state index is 0.687. The van der Waals surface area contributed by atoms with Gasteiger partial charge in [0.05, 0.1) is 16.4 Å². The van der Waals surface area contributed by atoms with E-state index in [1.165, 1.54) is 25.9 Å². The molecule has 0 unspecified atom stereocenters. The minimum absolute atomic E-state index is 0.687. The zero-order valence-corrected chi connectivity index (χ0v) is 11.9. The molecular weight excluding hydrogens is 248 g/mol. The van der Waals surface area contributed by atoms with Crippen LogP contribution in [0, 0.1) is 12.8 Å². The Balaban J connectivity index is 1.70. The van der Waals surface area contributed by atoms with E-state index < -0.39 is 0 Å². The summed E-state index contributed by atoms with van der Waals surface area (Å²) < 4.78 is 1.92. The highest BCUT2D eigenvalue weighted by atomic mass is 35.5. The number of nitrogens with one attached hydrogen (secondary N) is 1. The Morgan fingerprint density at radius 3 is 2.94 bits per heavy atom. The Bertz CT molecular complexity index is 428. The van der Waals surface area contributed by atoms with E-state index in [1.807, 2.05) is 18.7 Å². The standard InChI is InChI=1S/C13H21ClN4/c1-9-13(14)12(17(2)16-9)8-18-6-10-4-3-5-15-11(10)7-18/h10-11,15H,3-8H2,1-2H3/t10-,11+/m0/s1. The van der Waals surface area contributed by atoms with Crippen LogP contribution in [0.4, 0.5) is 0 Å². The zero-order valence-electron chi connectivity index (χ0n) is 11.1. The maximum absolute atomic E-state index is 6.32. The van der Waals surface area contributed by atoms with Gasteiger partial charge in [-0.15, -0.1) is 0 Å². The van der Waals surface area contributed by atoms with Crippen molar-refractivity contribution in [2.75, 3.05) is 19.6 Å². The molecule has 0 bridgehead atoms. The normalized spacial score (nSPS) is 28.6. The van der Waals surface area contributed by atoms with Crippen molar-refractivity contribution in [3.05, 3.63) is 16.4 Å². The summed E-state index contributed by atoms with van der Waals surface area (Å²) in [7, 11) is 1.98. The number of hydrogen-bond donors (Lipinski definition) is 1. The highest BCUT2D eigenvalue weighted by Gasteiger charge is 2.34. The lowest BCUT2D eigenvalue weighted by Crippen LogP contribution is -2.40. The van der Waals surface area contributed by atoms with Crippen LogP contribution in [0.1, 0.15) is 24.2 Å². The van der Waals surface area contributed by atoms with Gasteiger partial charge in [-0.3, -0.25) is 9.58 Å². The predicted molar refractivity (Wildman–Crippen MR) is 72.7 cm³/mol. The molecule has 0 aromatic carbocycles. The fourth-order valence-electron chi connectivity index (χ4n) is 3.33. The molecule has 1 aromatic rings. The van der Waals surface area contributed by atoms with Crippen LogP contribution in [-0.4, -0.2) is 40.4 Å². The predicted octanol–water partition coefficient (Wildman–Crippen LogP) is 1.57. The molecule has 1 aromatic heterocycles. The van der Waals surface area contributed by atoms with E-state index in [0.717, 1.165) is 35.4 Å². The number of halogens is 1. The van der Waals surface area contributed by atoms with Crippen molar-refractivity contribution in [3.63, 3.8) is 0 Å². The number of piperidine rings is 1. The number of aryl methyl sites for hydroxylation is 2. The Kier molecular flexibility index (Phi) is 3.34. The first-order chi connectivity index (χ1) is 8.65. The number of fused-ring (bicyclic) bond motifs is 1. The third-order valence-electron chi connectivity index (χ3n) is 4.31. The van der Waals surface area contributed by atoms with Crippen LogP contribution >= 0.6 is 11.6 Å². The molecule has 2 aliphatic rings. The molecule has 0 aliphatic carbocycles. The van der Waals surface area contributed by atoms with Crippen LogP contribution in [0.25, 0.3) is 0 Å². The quantitative estimate of drug-likeness (QED) is 0.884. The topological polar surface area (TPSA) is 33.1 Å². The molecule has 0 saturated carbocycles. The smallest absolute Gasteiger partial charge is 0.0860 e. The third kappa shape index (κ3) is 2.17. The summed E-state index contributed by atoms with van der Waals surface area (Å²) in [4.78, 5) is 2.51. The second-order valence-corrected chi connectivity index (χ2v) is 6.00. The van der Waals surface area contributed by atoms with Gasteiger partial charge < -0.3 is 5.32 Å². The average Bonchev–Trinajstić information content (AvgIpc) is 2.86. The SMILES string of the molecule is Cc1nn(C)c(CN2C[C@@H]3CCCN[C@@H]3C2)c1Cl. The Labute approximate surface area is 113 Å². The molecule has 3 rings (SSSR count). The van der Waals surface area contributed by atoms with Gasteiger partial charge in [0.25, 0.3) is 0 Å². The van der Waals surface area contributed by atoms with Gasteiger partial charge in [0.2, 0.25) is 0 Å². The molecule has 3 heterocycles. The lowest BCUT2D eigenvalue weighted by Gasteiger charge is -2.24. The molecule has 2 aliphatic heterocycles. The zero-order chi connectivity index (χ0) is 12.7. The molecule has 2 atom stereocenters. The van der Waals surface area contributed by atoms with E-state index in [2.05, 4.69) is 15.3 Å². The van der Waals surface area contributed by atoms with Crippen LogP contribution in [0.2, 0.25) is 5.02 Å². The monoisotopic (exact) mass is 268 g/mol. The molecule has 2 fully saturated rings. The van der Waals surface area contributed by atoms with Crippen LogP contribution in [0.5, 0.6) is 0 Å². The molecule has 0 radical (unpaired) electrons. The van der Waals surface area contributed by atoms with E-state index in [1.54, 1.807) is 0 Å². The number of hydrogen-bond acceptors (Lipinski definition) is 3. The van der Waals surface area contributed by atoms with Crippen LogP contribution < -0.4 is 5.32 Å². The highest BCUT2D eigenvalue weighted by Crippen LogP contribution is 2.28. The Morgan fingerprint density at radius 1 is 1.44 bits per heavy atom. The molecule has 0 amide bonds. The second kappa shape index (κ2) is 4.83. The average molecular weight is 269 g/mol. The summed E-state index contributed by atoms with van der Waals surface area (Å²) in [6, 6.07) is 0.687. The lowest BCUT2D eigenvalue weighted by molar-refractivity contribution is 0.304. The van der Waals surface area contributed by atoms with E-state index in [9.17, 15) is 0 Å². The summed E-state index contributed by atoms with van der Waals surface area (Å²) in [6.45, 7) is 6.41. The van der Waals surface area contributed by atoms with E-state index in [-0.39, 0.29) is 0 Å². The summed E-state index contributed by atoms with van der Waals surface area (Å²) in [5.74, 6) is 0.826. The summed E-state index contributed by atoms with van der Waals surface area (Å²) in [6.07, 6.45) is 2.69. The summed E-state index contributed by atoms with van der Waals surface area (Å²) in [5.41, 5.74) is 2.08. The van der Waals surface area contributed by atoms with Crippen molar-refractivity contribution in [3.8, 4) is 0 Å². The molecular formula is C13H21ClN4. The van der Waals surface area contributed by atoms with Gasteiger partial charge in [0.1, 0.15) is 0 Å². The highest BCUT2D eigenvalue weighted by molar-refractivity contribution is 6.31. The van der Waals surface area contributed by atoms with Gasteiger partial charge in [-0.1, -0.05) is 11.6 Å². The number of rotatable bonds is 2. The number of aromatic nitrogens is 2. The molecule has 4 nitrogen and oxygen atoms in total. The van der Waals surface area contributed by atoms with E-state index in [4.69, 9.17) is 11.6 Å². The minimum Gasteiger partial charge on any atom is -0.312 e. The van der Waals surface area contributed by atoms with Crippen LogP contribution in [-0.2, 0) is 13.6 Å². The summed E-state index contributed by atoms with van der Waals surface area (Å²) in [5, 5.41) is 8.85. The third-order valence-corrected chi connectivity index (χ3v) is 4.80. The molecule has 100 valence electrons. The van der Waals surface area contributed by atoms with E-state index in [0.29, 0.717) is 6.04 Å². The van der Waals surface area contributed by atoms with Crippen LogP contribution in [0.3, 0.4) is 0 Å². The van der Waals surface area contributed by atoms with Gasteiger partial charge in [0, 0.05) is 32.7 Å². The second-order valence-electron chi connectivity index (χ2n) is 5.63. The van der Waals surface area contributed by atoms with Gasteiger partial charge in [-0.05, 0) is 32.2 Å². The van der Waals surface area contributed by atoms with Gasteiger partial charge >= 0.3 is 0 Å². The van der Waals surface area contributed by atoms with Crippen molar-refractivity contribution < 1.29 is 0 Å². The van der Waals surface area contributed by atoms with Gasteiger partial charge in [-0.2, -0.15) is 5.10 Å². The first-order valence-electron chi connectivity index (χ1n) is 6.79.